The maximum atomic E-state index is 13.0. The van der Waals surface area contributed by atoms with Crippen LogP contribution in [0.5, 0.6) is 0 Å². The molecule has 1 aromatic carbocycles. The van der Waals surface area contributed by atoms with Crippen molar-refractivity contribution in [3.63, 3.8) is 0 Å². The fourth-order valence-electron chi connectivity index (χ4n) is 3.14. The number of benzene rings is 1. The summed E-state index contributed by atoms with van der Waals surface area (Å²) in [7, 11) is -3.72. The van der Waals surface area contributed by atoms with Gasteiger partial charge in [0.2, 0.25) is 15.9 Å². The molecule has 0 bridgehead atoms. The lowest BCUT2D eigenvalue weighted by molar-refractivity contribution is -0.132. The molecule has 0 saturated carbocycles. The first-order chi connectivity index (χ1) is 13.3. The number of carbonyl (C=O) groups excluding carboxylic acids is 1. The Hall–Kier alpha value is -2.59. The van der Waals surface area contributed by atoms with E-state index in [0.29, 0.717) is 11.3 Å². The van der Waals surface area contributed by atoms with Gasteiger partial charge in [-0.3, -0.25) is 9.59 Å². The Morgan fingerprint density at radius 3 is 2.43 bits per heavy atom. The van der Waals surface area contributed by atoms with Gasteiger partial charge >= 0.3 is 0 Å². The van der Waals surface area contributed by atoms with E-state index in [1.807, 2.05) is 0 Å². The standard InChI is InChI=1S/C18H21FN4O4S/c1-13-16(18(25)21-12-20-13)6-7-17(24)22-8-10-23(11-9-22)28(26,27)15-4-2-14(19)3-5-15/h2-5,12H,6-11H2,1H3,(H,20,21,25). The number of hydrogen-bond donors (Lipinski definition) is 1. The summed E-state index contributed by atoms with van der Waals surface area (Å²) in [5, 5.41) is 0. The molecule has 0 atom stereocenters. The molecule has 3 rings (SSSR count). The molecule has 1 aromatic heterocycles. The Balaban J connectivity index is 1.58. The van der Waals surface area contributed by atoms with Gasteiger partial charge in [0.15, 0.2) is 0 Å². The number of H-pyrrole nitrogens is 1. The van der Waals surface area contributed by atoms with E-state index < -0.39 is 15.8 Å². The van der Waals surface area contributed by atoms with Crippen molar-refractivity contribution in [2.75, 3.05) is 26.2 Å². The SMILES string of the molecule is Cc1nc[nH]c(=O)c1CCC(=O)N1CCN(S(=O)(=O)c2ccc(F)cc2)CC1. The summed E-state index contributed by atoms with van der Waals surface area (Å²) in [4.78, 5) is 32.4. The third kappa shape index (κ3) is 4.28. The van der Waals surface area contributed by atoms with Gasteiger partial charge in [-0.05, 0) is 37.6 Å². The lowest BCUT2D eigenvalue weighted by Gasteiger charge is -2.34. The molecule has 1 fully saturated rings. The molecule has 0 aliphatic carbocycles. The largest absolute Gasteiger partial charge is 0.340 e. The summed E-state index contributed by atoms with van der Waals surface area (Å²) in [5.41, 5.74) is 0.815. The van der Waals surface area contributed by atoms with Crippen molar-refractivity contribution >= 4 is 15.9 Å². The number of halogens is 1. The van der Waals surface area contributed by atoms with E-state index in [2.05, 4.69) is 9.97 Å². The molecule has 1 aliphatic rings. The smallest absolute Gasteiger partial charge is 0.254 e. The first-order valence-electron chi connectivity index (χ1n) is 8.85. The second kappa shape index (κ2) is 8.19. The second-order valence-electron chi connectivity index (χ2n) is 6.53. The number of sulfonamides is 1. The number of amides is 1. The van der Waals surface area contributed by atoms with Crippen LogP contribution in [0.25, 0.3) is 0 Å². The molecule has 150 valence electrons. The molecule has 1 N–H and O–H groups in total. The maximum Gasteiger partial charge on any atom is 0.254 e. The van der Waals surface area contributed by atoms with Crippen LogP contribution >= 0.6 is 0 Å². The van der Waals surface area contributed by atoms with Crippen LogP contribution in [0.2, 0.25) is 0 Å². The van der Waals surface area contributed by atoms with E-state index >= 15 is 0 Å². The van der Waals surface area contributed by atoms with Gasteiger partial charge in [-0.2, -0.15) is 4.31 Å². The van der Waals surface area contributed by atoms with Crippen molar-refractivity contribution in [2.24, 2.45) is 0 Å². The average Bonchev–Trinajstić information content (AvgIpc) is 2.68. The van der Waals surface area contributed by atoms with E-state index in [4.69, 9.17) is 0 Å². The zero-order valence-corrected chi connectivity index (χ0v) is 16.2. The predicted molar refractivity (Wildman–Crippen MR) is 99.7 cm³/mol. The van der Waals surface area contributed by atoms with E-state index in [0.717, 1.165) is 12.1 Å². The minimum absolute atomic E-state index is 0.0277. The normalized spacial score (nSPS) is 15.6. The quantitative estimate of drug-likeness (QED) is 0.784. The van der Waals surface area contributed by atoms with Gasteiger partial charge in [-0.1, -0.05) is 0 Å². The van der Waals surface area contributed by atoms with Crippen LogP contribution in [0.15, 0.2) is 40.3 Å². The number of aromatic amines is 1. The summed E-state index contributed by atoms with van der Waals surface area (Å²) < 4.78 is 39.5. The lowest BCUT2D eigenvalue weighted by Crippen LogP contribution is -2.50. The van der Waals surface area contributed by atoms with Gasteiger partial charge < -0.3 is 9.88 Å². The highest BCUT2D eigenvalue weighted by Gasteiger charge is 2.30. The molecule has 2 aromatic rings. The van der Waals surface area contributed by atoms with Gasteiger partial charge in [0.1, 0.15) is 5.82 Å². The lowest BCUT2D eigenvalue weighted by atomic mass is 10.1. The molecule has 2 heterocycles. The van der Waals surface area contributed by atoms with Crippen LogP contribution in [0, 0.1) is 12.7 Å². The van der Waals surface area contributed by atoms with Crippen LogP contribution in [0.1, 0.15) is 17.7 Å². The summed E-state index contributed by atoms with van der Waals surface area (Å²) in [5.74, 6) is -0.640. The number of hydrogen-bond acceptors (Lipinski definition) is 5. The van der Waals surface area contributed by atoms with Gasteiger partial charge in [-0.25, -0.2) is 17.8 Å². The summed E-state index contributed by atoms with van der Waals surface area (Å²) in [6.45, 7) is 2.58. The van der Waals surface area contributed by atoms with E-state index in [9.17, 15) is 22.4 Å². The molecular formula is C18H21FN4O4S. The molecule has 0 radical (unpaired) electrons. The Labute approximate surface area is 162 Å². The Morgan fingerprint density at radius 1 is 1.18 bits per heavy atom. The third-order valence-corrected chi connectivity index (χ3v) is 6.71. The van der Waals surface area contributed by atoms with Crippen molar-refractivity contribution in [3.05, 3.63) is 58.0 Å². The molecule has 1 aliphatic heterocycles. The number of piperazine rings is 1. The van der Waals surface area contributed by atoms with Crippen molar-refractivity contribution in [1.29, 1.82) is 0 Å². The van der Waals surface area contributed by atoms with Crippen LogP contribution < -0.4 is 5.56 Å². The highest BCUT2D eigenvalue weighted by atomic mass is 32.2. The van der Waals surface area contributed by atoms with Gasteiger partial charge in [0.25, 0.3) is 5.56 Å². The van der Waals surface area contributed by atoms with Crippen molar-refractivity contribution in [1.82, 2.24) is 19.2 Å². The van der Waals surface area contributed by atoms with Gasteiger partial charge in [-0.15, -0.1) is 0 Å². The molecule has 10 heteroatoms. The van der Waals surface area contributed by atoms with Crippen LogP contribution in [-0.4, -0.2) is 59.7 Å². The highest BCUT2D eigenvalue weighted by molar-refractivity contribution is 7.89. The average molecular weight is 408 g/mol. The van der Waals surface area contributed by atoms with E-state index in [1.165, 1.54) is 22.8 Å². The predicted octanol–water partition coefficient (Wildman–Crippen LogP) is 0.683. The highest BCUT2D eigenvalue weighted by Crippen LogP contribution is 2.18. The van der Waals surface area contributed by atoms with Gasteiger partial charge in [0.05, 0.1) is 11.2 Å². The molecule has 1 saturated heterocycles. The summed E-state index contributed by atoms with van der Waals surface area (Å²) in [6, 6.07) is 4.68. The monoisotopic (exact) mass is 408 g/mol. The summed E-state index contributed by atoms with van der Waals surface area (Å²) >= 11 is 0. The van der Waals surface area contributed by atoms with E-state index in [-0.39, 0.29) is 55.4 Å². The third-order valence-electron chi connectivity index (χ3n) is 4.80. The van der Waals surface area contributed by atoms with Gasteiger partial charge in [0, 0.05) is 43.9 Å². The first-order valence-corrected chi connectivity index (χ1v) is 10.3. The zero-order chi connectivity index (χ0) is 20.3. The number of aromatic nitrogens is 2. The summed E-state index contributed by atoms with van der Waals surface area (Å²) in [6.07, 6.45) is 1.76. The number of aryl methyl sites for hydroxylation is 1. The molecule has 8 nitrogen and oxygen atoms in total. The molecule has 28 heavy (non-hydrogen) atoms. The Morgan fingerprint density at radius 2 is 1.82 bits per heavy atom. The number of nitrogens with one attached hydrogen (secondary N) is 1. The topological polar surface area (TPSA) is 103 Å². The van der Waals surface area contributed by atoms with Crippen molar-refractivity contribution < 1.29 is 17.6 Å². The molecular weight excluding hydrogens is 387 g/mol. The second-order valence-corrected chi connectivity index (χ2v) is 8.47. The Kier molecular flexibility index (Phi) is 5.90. The molecule has 0 spiro atoms. The minimum atomic E-state index is -3.72. The molecule has 1 amide bonds. The van der Waals surface area contributed by atoms with Crippen LogP contribution in [0.3, 0.4) is 0 Å². The minimum Gasteiger partial charge on any atom is -0.340 e. The number of rotatable bonds is 5. The molecule has 0 unspecified atom stereocenters. The van der Waals surface area contributed by atoms with Crippen molar-refractivity contribution in [2.45, 2.75) is 24.7 Å². The van der Waals surface area contributed by atoms with Crippen LogP contribution in [0.4, 0.5) is 4.39 Å². The van der Waals surface area contributed by atoms with Crippen molar-refractivity contribution in [3.8, 4) is 0 Å². The fraction of sp³-hybridized carbons (Fsp3) is 0.389. The van der Waals surface area contributed by atoms with E-state index in [1.54, 1.807) is 11.8 Å². The van der Waals surface area contributed by atoms with Crippen LogP contribution in [-0.2, 0) is 21.2 Å². The Bertz CT molecular complexity index is 1010. The fourth-order valence-corrected chi connectivity index (χ4v) is 4.56. The number of carbonyl (C=O) groups is 1. The number of nitrogens with zero attached hydrogens (tertiary/aromatic N) is 3. The zero-order valence-electron chi connectivity index (χ0n) is 15.4. The maximum absolute atomic E-state index is 13.0. The first kappa shape index (κ1) is 20.2.